The van der Waals surface area contributed by atoms with Crippen LogP contribution in [0.5, 0.6) is 0 Å². The molecule has 10 nitrogen and oxygen atoms in total. The van der Waals surface area contributed by atoms with Gasteiger partial charge in [0, 0.05) is 13.5 Å². The van der Waals surface area contributed by atoms with Crippen molar-refractivity contribution in [2.75, 3.05) is 17.4 Å². The van der Waals surface area contributed by atoms with Crippen molar-refractivity contribution < 1.29 is 14.3 Å². The Hall–Kier alpha value is -2.63. The molecule has 134 valence electrons. The molecule has 0 radical (unpaired) electrons. The second-order valence-electron chi connectivity index (χ2n) is 5.19. The van der Waals surface area contributed by atoms with Gasteiger partial charge in [0.1, 0.15) is 11.3 Å². The minimum absolute atomic E-state index is 0.0260. The first-order valence-corrected chi connectivity index (χ1v) is 8.09. The van der Waals surface area contributed by atoms with Crippen LogP contribution in [-0.4, -0.2) is 39.7 Å². The molecule has 0 saturated heterocycles. The van der Waals surface area contributed by atoms with Crippen molar-refractivity contribution in [2.45, 2.75) is 26.0 Å². The van der Waals surface area contributed by atoms with E-state index in [4.69, 9.17) is 16.3 Å². The molecule has 2 heterocycles. The Labute approximate surface area is 148 Å². The molecule has 2 aromatic heterocycles. The summed E-state index contributed by atoms with van der Waals surface area (Å²) in [6.45, 7) is 2.14. The van der Waals surface area contributed by atoms with Crippen LogP contribution >= 0.6 is 11.5 Å². The monoisotopic (exact) mass is 365 g/mol. The lowest BCUT2D eigenvalue weighted by atomic mass is 10.2. The number of anilines is 3. The standard InChI is InChI=1S/C14H19N7O3S/c1-8(3-4-22)21(16)10-6-17-12(13(15)23)14(18-10)19-11-5-9(7-24-2)20-25-11/h4-6,8H,3,7,16H2,1-2H3,(H2,15,23)(H,18,19). The fourth-order valence-electron chi connectivity index (χ4n) is 1.95. The number of nitrogens with zero attached hydrogens (tertiary/aromatic N) is 4. The number of carbonyl (C=O) groups excluding carboxylic acids is 2. The SMILES string of the molecule is COCc1cc(Nc2nc(N(N)C(C)CC=O)cnc2C(N)=O)sn1. The molecule has 0 saturated carbocycles. The van der Waals surface area contributed by atoms with Gasteiger partial charge in [-0.25, -0.2) is 15.8 Å². The van der Waals surface area contributed by atoms with Crippen LogP contribution in [0.1, 0.15) is 29.5 Å². The molecule has 11 heteroatoms. The predicted molar refractivity (Wildman–Crippen MR) is 93.5 cm³/mol. The van der Waals surface area contributed by atoms with Crippen LogP contribution in [-0.2, 0) is 16.1 Å². The average molecular weight is 365 g/mol. The first-order valence-electron chi connectivity index (χ1n) is 7.32. The van der Waals surface area contributed by atoms with E-state index in [-0.39, 0.29) is 24.0 Å². The fourth-order valence-corrected chi connectivity index (χ4v) is 2.61. The molecule has 2 rings (SSSR count). The van der Waals surface area contributed by atoms with Gasteiger partial charge in [-0.15, -0.1) is 0 Å². The van der Waals surface area contributed by atoms with Gasteiger partial charge in [-0.1, -0.05) is 0 Å². The number of rotatable bonds is 9. The summed E-state index contributed by atoms with van der Waals surface area (Å²) in [6, 6.07) is 1.48. The van der Waals surface area contributed by atoms with E-state index < -0.39 is 5.91 Å². The Morgan fingerprint density at radius 2 is 2.32 bits per heavy atom. The Kier molecular flexibility index (Phi) is 6.33. The lowest BCUT2D eigenvalue weighted by molar-refractivity contribution is -0.108. The highest BCUT2D eigenvalue weighted by molar-refractivity contribution is 7.10. The van der Waals surface area contributed by atoms with Gasteiger partial charge in [-0.2, -0.15) is 4.37 Å². The van der Waals surface area contributed by atoms with Gasteiger partial charge < -0.3 is 20.6 Å². The molecular weight excluding hydrogens is 346 g/mol. The summed E-state index contributed by atoms with van der Waals surface area (Å²) in [5.41, 5.74) is 6.06. The third-order valence-electron chi connectivity index (χ3n) is 3.26. The molecule has 0 aromatic carbocycles. The Balaban J connectivity index is 2.30. The second-order valence-corrected chi connectivity index (χ2v) is 5.99. The van der Waals surface area contributed by atoms with Crippen LogP contribution in [0.2, 0.25) is 0 Å². The first-order chi connectivity index (χ1) is 12.0. The van der Waals surface area contributed by atoms with Crippen molar-refractivity contribution in [3.8, 4) is 0 Å². The number of hydrogen-bond acceptors (Lipinski definition) is 10. The minimum Gasteiger partial charge on any atom is -0.378 e. The zero-order chi connectivity index (χ0) is 18.4. The van der Waals surface area contributed by atoms with Gasteiger partial charge in [0.25, 0.3) is 5.91 Å². The summed E-state index contributed by atoms with van der Waals surface area (Å²) in [4.78, 5) is 30.6. The van der Waals surface area contributed by atoms with Crippen molar-refractivity contribution in [3.63, 3.8) is 0 Å². The quantitative estimate of drug-likeness (QED) is 0.329. The van der Waals surface area contributed by atoms with E-state index >= 15 is 0 Å². The molecule has 0 fully saturated rings. The topological polar surface area (TPSA) is 149 Å². The van der Waals surface area contributed by atoms with Crippen LogP contribution in [0.15, 0.2) is 12.3 Å². The lowest BCUT2D eigenvalue weighted by Gasteiger charge is -2.23. The van der Waals surface area contributed by atoms with Crippen molar-refractivity contribution in [3.05, 3.63) is 23.7 Å². The third kappa shape index (κ3) is 4.68. The molecule has 0 aliphatic carbocycles. The van der Waals surface area contributed by atoms with Gasteiger partial charge in [0.15, 0.2) is 17.3 Å². The van der Waals surface area contributed by atoms with Crippen LogP contribution in [0.4, 0.5) is 16.6 Å². The Morgan fingerprint density at radius 3 is 2.96 bits per heavy atom. The molecule has 5 N–H and O–H groups in total. The number of nitrogens with one attached hydrogen (secondary N) is 1. The smallest absolute Gasteiger partial charge is 0.271 e. The highest BCUT2D eigenvalue weighted by Crippen LogP contribution is 2.24. The highest BCUT2D eigenvalue weighted by atomic mass is 32.1. The van der Waals surface area contributed by atoms with Crippen LogP contribution < -0.4 is 21.9 Å². The maximum atomic E-state index is 11.6. The summed E-state index contributed by atoms with van der Waals surface area (Å²) in [5, 5.41) is 4.92. The number of nitrogens with two attached hydrogens (primary N) is 2. The Morgan fingerprint density at radius 1 is 1.56 bits per heavy atom. The van der Waals surface area contributed by atoms with Crippen LogP contribution in [0, 0.1) is 0 Å². The first kappa shape index (κ1) is 18.7. The predicted octanol–water partition coefficient (Wildman–Crippen LogP) is 0.580. The number of hydrazine groups is 1. The highest BCUT2D eigenvalue weighted by Gasteiger charge is 2.18. The van der Waals surface area contributed by atoms with E-state index in [1.54, 1.807) is 20.1 Å². The van der Waals surface area contributed by atoms with E-state index in [9.17, 15) is 9.59 Å². The molecule has 0 aliphatic rings. The Bertz CT molecular complexity index is 752. The van der Waals surface area contributed by atoms with Crippen molar-refractivity contribution in [1.82, 2.24) is 14.3 Å². The molecule has 25 heavy (non-hydrogen) atoms. The largest absolute Gasteiger partial charge is 0.378 e. The molecule has 0 bridgehead atoms. The van der Waals surface area contributed by atoms with Gasteiger partial charge in [0.05, 0.1) is 24.5 Å². The summed E-state index contributed by atoms with van der Waals surface area (Å²) in [5.74, 6) is 5.68. The number of ether oxygens (including phenoxy) is 1. The van der Waals surface area contributed by atoms with Crippen LogP contribution in [0.25, 0.3) is 0 Å². The number of primary amides is 1. The average Bonchev–Trinajstić information content (AvgIpc) is 3.01. The van der Waals surface area contributed by atoms with Gasteiger partial charge in [0.2, 0.25) is 0 Å². The van der Waals surface area contributed by atoms with E-state index in [0.29, 0.717) is 17.4 Å². The zero-order valence-corrected chi connectivity index (χ0v) is 14.6. The summed E-state index contributed by atoms with van der Waals surface area (Å²) >= 11 is 1.18. The van der Waals surface area contributed by atoms with Gasteiger partial charge in [-0.3, -0.25) is 9.80 Å². The van der Waals surface area contributed by atoms with Gasteiger partial charge >= 0.3 is 0 Å². The van der Waals surface area contributed by atoms with E-state index in [0.717, 1.165) is 12.0 Å². The summed E-state index contributed by atoms with van der Waals surface area (Å²) in [7, 11) is 1.57. The molecule has 2 aromatic rings. The van der Waals surface area contributed by atoms with E-state index in [2.05, 4.69) is 19.7 Å². The lowest BCUT2D eigenvalue weighted by Crippen LogP contribution is -2.40. The summed E-state index contributed by atoms with van der Waals surface area (Å²) in [6.07, 6.45) is 2.33. The molecule has 1 amide bonds. The number of aldehydes is 1. The fraction of sp³-hybridized carbons (Fsp3) is 0.357. The van der Waals surface area contributed by atoms with Crippen molar-refractivity contribution in [1.29, 1.82) is 0 Å². The van der Waals surface area contributed by atoms with E-state index in [1.165, 1.54) is 22.7 Å². The molecule has 1 unspecified atom stereocenters. The minimum atomic E-state index is -0.729. The maximum absolute atomic E-state index is 11.6. The van der Waals surface area contributed by atoms with Crippen LogP contribution in [0.3, 0.4) is 0 Å². The number of hydrogen-bond donors (Lipinski definition) is 3. The maximum Gasteiger partial charge on any atom is 0.271 e. The normalized spacial score (nSPS) is 11.8. The molecule has 0 spiro atoms. The third-order valence-corrected chi connectivity index (χ3v) is 4.01. The summed E-state index contributed by atoms with van der Waals surface area (Å²) < 4.78 is 9.22. The van der Waals surface area contributed by atoms with E-state index in [1.807, 2.05) is 0 Å². The molecule has 1 atom stereocenters. The van der Waals surface area contributed by atoms with Gasteiger partial charge in [-0.05, 0) is 24.5 Å². The zero-order valence-electron chi connectivity index (χ0n) is 13.8. The number of carbonyl (C=O) groups is 2. The second kappa shape index (κ2) is 8.46. The molecule has 0 aliphatic heterocycles. The number of amides is 1. The molecular formula is C14H19N7O3S. The van der Waals surface area contributed by atoms with Crippen molar-refractivity contribution >= 4 is 40.4 Å². The number of aromatic nitrogens is 3. The number of methoxy groups -OCH3 is 1. The van der Waals surface area contributed by atoms with Crippen molar-refractivity contribution in [2.24, 2.45) is 11.6 Å².